The molecule has 0 saturated heterocycles. The molecule has 1 amide bonds. The molecule has 1 aromatic heterocycles. The molecule has 0 fully saturated rings. The van der Waals surface area contributed by atoms with Crippen LogP contribution in [0, 0.1) is 0 Å². The van der Waals surface area contributed by atoms with Crippen molar-refractivity contribution in [1.29, 1.82) is 0 Å². The molecule has 0 aliphatic heterocycles. The Bertz CT molecular complexity index is 391. The number of alkyl halides is 1. The van der Waals surface area contributed by atoms with Crippen LogP contribution in [0.1, 0.15) is 23.0 Å². The molecule has 4 nitrogen and oxygen atoms in total. The first-order valence-electron chi connectivity index (χ1n) is 5.10. The van der Waals surface area contributed by atoms with E-state index < -0.39 is 17.5 Å². The number of ketones is 1. The van der Waals surface area contributed by atoms with E-state index in [9.17, 15) is 9.59 Å². The maximum absolute atomic E-state index is 11.9. The van der Waals surface area contributed by atoms with E-state index in [-0.39, 0.29) is 12.2 Å². The van der Waals surface area contributed by atoms with Gasteiger partial charge in [0.2, 0.25) is 0 Å². The minimum atomic E-state index is -1.08. The zero-order chi connectivity index (χ0) is 13.0. The standard InChI is InChI=1S/C11H14ClNO3S/c1-7(12)8(13(2)11(15)16)6-9(14)10-4-3-5-17-10/h3-5,7-8H,6H2,1-2H3,(H,15,16). The molecule has 1 heterocycles. The van der Waals surface area contributed by atoms with Gasteiger partial charge in [-0.3, -0.25) is 4.79 Å². The highest BCUT2D eigenvalue weighted by molar-refractivity contribution is 7.12. The fourth-order valence-electron chi connectivity index (χ4n) is 1.48. The summed E-state index contributed by atoms with van der Waals surface area (Å²) in [5.74, 6) is -0.0781. The van der Waals surface area contributed by atoms with Gasteiger partial charge in [-0.1, -0.05) is 6.07 Å². The van der Waals surface area contributed by atoms with Crippen LogP contribution in [0.15, 0.2) is 17.5 Å². The molecular weight excluding hydrogens is 262 g/mol. The van der Waals surface area contributed by atoms with Gasteiger partial charge in [-0.05, 0) is 18.4 Å². The van der Waals surface area contributed by atoms with Crippen molar-refractivity contribution in [2.24, 2.45) is 0 Å². The molecule has 0 bridgehead atoms. The number of carboxylic acid groups (broad SMARTS) is 1. The number of hydrogen-bond acceptors (Lipinski definition) is 3. The van der Waals surface area contributed by atoms with Gasteiger partial charge in [-0.2, -0.15) is 0 Å². The van der Waals surface area contributed by atoms with Crippen LogP contribution in [-0.4, -0.2) is 40.3 Å². The van der Waals surface area contributed by atoms with Crippen molar-refractivity contribution >= 4 is 34.8 Å². The van der Waals surface area contributed by atoms with E-state index in [0.717, 1.165) is 4.90 Å². The number of rotatable bonds is 5. The van der Waals surface area contributed by atoms with Gasteiger partial charge in [0.1, 0.15) is 0 Å². The largest absolute Gasteiger partial charge is 0.465 e. The smallest absolute Gasteiger partial charge is 0.407 e. The van der Waals surface area contributed by atoms with E-state index in [2.05, 4.69) is 0 Å². The van der Waals surface area contributed by atoms with Gasteiger partial charge >= 0.3 is 6.09 Å². The van der Waals surface area contributed by atoms with Crippen molar-refractivity contribution in [3.63, 3.8) is 0 Å². The summed E-state index contributed by atoms with van der Waals surface area (Å²) in [5.41, 5.74) is 0. The Hall–Kier alpha value is -1.07. The van der Waals surface area contributed by atoms with Gasteiger partial charge in [-0.15, -0.1) is 22.9 Å². The number of nitrogens with zero attached hydrogens (tertiary/aromatic N) is 1. The highest BCUT2D eigenvalue weighted by Gasteiger charge is 2.27. The predicted molar refractivity (Wildman–Crippen MR) is 68.2 cm³/mol. The third-order valence-electron chi connectivity index (χ3n) is 2.52. The molecule has 0 aromatic carbocycles. The molecule has 0 saturated carbocycles. The summed E-state index contributed by atoms with van der Waals surface area (Å²) in [6.45, 7) is 1.69. The highest BCUT2D eigenvalue weighted by atomic mass is 35.5. The summed E-state index contributed by atoms with van der Waals surface area (Å²) in [7, 11) is 1.42. The fourth-order valence-corrected chi connectivity index (χ4v) is 2.41. The summed E-state index contributed by atoms with van der Waals surface area (Å²) in [6, 6.07) is 3.01. The lowest BCUT2D eigenvalue weighted by atomic mass is 10.1. The number of amides is 1. The molecule has 2 unspecified atom stereocenters. The number of hydrogen-bond donors (Lipinski definition) is 1. The molecule has 2 atom stereocenters. The molecule has 1 aromatic rings. The number of carbonyl (C=O) groups excluding carboxylic acids is 1. The molecule has 1 N–H and O–H groups in total. The van der Waals surface area contributed by atoms with Crippen LogP contribution in [0.4, 0.5) is 4.79 Å². The summed E-state index contributed by atoms with van der Waals surface area (Å²) >= 11 is 7.28. The lowest BCUT2D eigenvalue weighted by Crippen LogP contribution is -2.42. The molecule has 0 aliphatic rings. The monoisotopic (exact) mass is 275 g/mol. The summed E-state index contributed by atoms with van der Waals surface area (Å²) in [4.78, 5) is 24.5. The van der Waals surface area contributed by atoms with Gasteiger partial charge in [0.15, 0.2) is 5.78 Å². The van der Waals surface area contributed by atoms with E-state index >= 15 is 0 Å². The van der Waals surface area contributed by atoms with Crippen molar-refractivity contribution in [1.82, 2.24) is 4.90 Å². The summed E-state index contributed by atoms with van der Waals surface area (Å²) < 4.78 is 0. The maximum Gasteiger partial charge on any atom is 0.407 e. The molecule has 17 heavy (non-hydrogen) atoms. The molecule has 0 spiro atoms. The second-order valence-electron chi connectivity index (χ2n) is 3.74. The molecule has 6 heteroatoms. The van der Waals surface area contributed by atoms with Crippen molar-refractivity contribution in [2.45, 2.75) is 24.8 Å². The zero-order valence-corrected chi connectivity index (χ0v) is 11.2. The Balaban J connectivity index is 2.74. The lowest BCUT2D eigenvalue weighted by molar-refractivity contribution is 0.0927. The summed E-state index contributed by atoms with van der Waals surface area (Å²) in [5, 5.41) is 10.3. The van der Waals surface area contributed by atoms with E-state index in [1.54, 1.807) is 19.1 Å². The molecule has 1 rings (SSSR count). The first-order chi connectivity index (χ1) is 7.93. The van der Waals surface area contributed by atoms with Crippen LogP contribution in [0.5, 0.6) is 0 Å². The van der Waals surface area contributed by atoms with Gasteiger partial charge in [-0.25, -0.2) is 4.79 Å². The topological polar surface area (TPSA) is 57.6 Å². The Morgan fingerprint density at radius 3 is 2.65 bits per heavy atom. The van der Waals surface area contributed by atoms with Crippen molar-refractivity contribution in [2.75, 3.05) is 7.05 Å². The Morgan fingerprint density at radius 1 is 1.59 bits per heavy atom. The van der Waals surface area contributed by atoms with E-state index in [1.807, 2.05) is 5.38 Å². The number of carbonyl (C=O) groups is 2. The Morgan fingerprint density at radius 2 is 2.24 bits per heavy atom. The van der Waals surface area contributed by atoms with Gasteiger partial charge < -0.3 is 10.0 Å². The van der Waals surface area contributed by atoms with Gasteiger partial charge in [0.05, 0.1) is 16.3 Å². The lowest BCUT2D eigenvalue weighted by Gasteiger charge is -2.27. The fraction of sp³-hybridized carbons (Fsp3) is 0.455. The Labute approximate surface area is 109 Å². The molecule has 0 radical (unpaired) electrons. The van der Waals surface area contributed by atoms with Gasteiger partial charge in [0.25, 0.3) is 0 Å². The normalized spacial score (nSPS) is 14.1. The second-order valence-corrected chi connectivity index (χ2v) is 5.38. The molecular formula is C11H14ClNO3S. The molecule has 0 aliphatic carbocycles. The first-order valence-corrected chi connectivity index (χ1v) is 6.41. The van der Waals surface area contributed by atoms with Crippen LogP contribution in [0.2, 0.25) is 0 Å². The van der Waals surface area contributed by atoms with Crippen molar-refractivity contribution in [3.8, 4) is 0 Å². The predicted octanol–water partition coefficient (Wildman–Crippen LogP) is 2.93. The first kappa shape index (κ1) is 14.0. The number of thiophene rings is 1. The quantitative estimate of drug-likeness (QED) is 0.664. The highest BCUT2D eigenvalue weighted by Crippen LogP contribution is 2.18. The number of Topliss-reactive ketones (excluding diaryl/α,β-unsaturated/α-hetero) is 1. The minimum Gasteiger partial charge on any atom is -0.465 e. The van der Waals surface area contributed by atoms with Gasteiger partial charge in [0, 0.05) is 13.5 Å². The average molecular weight is 276 g/mol. The zero-order valence-electron chi connectivity index (χ0n) is 9.59. The third kappa shape index (κ3) is 3.71. The summed E-state index contributed by atoms with van der Waals surface area (Å²) in [6.07, 6.45) is -0.977. The Kier molecular flexibility index (Phi) is 4.96. The van der Waals surface area contributed by atoms with Crippen LogP contribution in [0.3, 0.4) is 0 Å². The average Bonchev–Trinajstić information content (AvgIpc) is 2.77. The minimum absolute atomic E-state index is 0.0781. The van der Waals surface area contributed by atoms with Crippen LogP contribution >= 0.6 is 22.9 Å². The second kappa shape index (κ2) is 6.02. The van der Waals surface area contributed by atoms with E-state index in [0.29, 0.717) is 4.88 Å². The maximum atomic E-state index is 11.9. The van der Waals surface area contributed by atoms with Crippen LogP contribution in [-0.2, 0) is 0 Å². The van der Waals surface area contributed by atoms with E-state index in [4.69, 9.17) is 16.7 Å². The van der Waals surface area contributed by atoms with Crippen LogP contribution < -0.4 is 0 Å². The number of halogens is 1. The third-order valence-corrected chi connectivity index (χ3v) is 3.72. The van der Waals surface area contributed by atoms with Crippen LogP contribution in [0.25, 0.3) is 0 Å². The van der Waals surface area contributed by atoms with E-state index in [1.165, 1.54) is 18.4 Å². The van der Waals surface area contributed by atoms with Crippen molar-refractivity contribution in [3.05, 3.63) is 22.4 Å². The SMILES string of the molecule is CC(Cl)C(CC(=O)c1cccs1)N(C)C(=O)O. The molecule has 94 valence electrons. The van der Waals surface area contributed by atoms with Crippen molar-refractivity contribution < 1.29 is 14.7 Å².